The summed E-state index contributed by atoms with van der Waals surface area (Å²) in [6.45, 7) is 2.68. The van der Waals surface area contributed by atoms with Crippen LogP contribution in [0.4, 0.5) is 4.79 Å². The molecular weight excluding hydrogens is 206 g/mol. The Morgan fingerprint density at radius 2 is 2.21 bits per heavy atom. The third-order valence-electron chi connectivity index (χ3n) is 2.89. The van der Waals surface area contributed by atoms with Crippen molar-refractivity contribution >= 4 is 15.9 Å². The molecule has 2 rings (SSSR count). The summed E-state index contributed by atoms with van der Waals surface area (Å²) in [6, 6.07) is 0. The highest BCUT2D eigenvalue weighted by Crippen LogP contribution is 2.31. The summed E-state index contributed by atoms with van der Waals surface area (Å²) in [7, 11) is -2.96. The van der Waals surface area contributed by atoms with E-state index in [0.717, 1.165) is 0 Å². The van der Waals surface area contributed by atoms with Crippen LogP contribution in [0.5, 0.6) is 0 Å². The van der Waals surface area contributed by atoms with Crippen LogP contribution in [0.3, 0.4) is 0 Å². The summed E-state index contributed by atoms with van der Waals surface area (Å²) in [5.74, 6) is 0.238. The van der Waals surface area contributed by atoms with Gasteiger partial charge in [0.2, 0.25) is 0 Å². The van der Waals surface area contributed by atoms with Gasteiger partial charge in [0.25, 0.3) is 0 Å². The van der Waals surface area contributed by atoms with E-state index in [1.165, 1.54) is 4.90 Å². The van der Waals surface area contributed by atoms with E-state index in [1.54, 1.807) is 0 Å². The Kier molecular flexibility index (Phi) is 1.99. The molecule has 0 aromatic heterocycles. The molecule has 5 nitrogen and oxygen atoms in total. The van der Waals surface area contributed by atoms with Crippen LogP contribution < -0.4 is 0 Å². The molecule has 0 spiro atoms. The topological polar surface area (TPSA) is 63.7 Å². The van der Waals surface area contributed by atoms with Gasteiger partial charge in [-0.05, 0) is 13.3 Å². The van der Waals surface area contributed by atoms with Crippen molar-refractivity contribution in [1.29, 1.82) is 0 Å². The summed E-state index contributed by atoms with van der Waals surface area (Å²) in [6.07, 6.45) is 0.134. The first kappa shape index (κ1) is 9.76. The van der Waals surface area contributed by atoms with Gasteiger partial charge in [0.05, 0.1) is 23.6 Å². The molecule has 0 radical (unpaired) electrons. The molecule has 0 N–H and O–H groups in total. The number of ether oxygens (including phenoxy) is 1. The molecule has 0 aromatic carbocycles. The lowest BCUT2D eigenvalue weighted by Gasteiger charge is -2.31. The number of hydrogen-bond acceptors (Lipinski definition) is 4. The van der Waals surface area contributed by atoms with Crippen LogP contribution in [0.25, 0.3) is 0 Å². The van der Waals surface area contributed by atoms with Crippen LogP contribution >= 0.6 is 0 Å². The fourth-order valence-electron chi connectivity index (χ4n) is 2.09. The molecule has 2 aliphatic heterocycles. The normalized spacial score (nSPS) is 36.1. The number of rotatable bonds is 1. The van der Waals surface area contributed by atoms with Crippen molar-refractivity contribution in [3.8, 4) is 0 Å². The molecule has 80 valence electrons. The van der Waals surface area contributed by atoms with E-state index in [0.29, 0.717) is 19.6 Å². The van der Waals surface area contributed by atoms with Gasteiger partial charge in [-0.2, -0.15) is 0 Å². The van der Waals surface area contributed by atoms with Crippen molar-refractivity contribution in [2.24, 2.45) is 0 Å². The van der Waals surface area contributed by atoms with E-state index < -0.39 is 15.4 Å². The number of carbonyl (C=O) groups is 1. The maximum absolute atomic E-state index is 11.3. The minimum atomic E-state index is -2.96. The smallest absolute Gasteiger partial charge is 0.410 e. The highest BCUT2D eigenvalue weighted by molar-refractivity contribution is 7.91. The third-order valence-corrected chi connectivity index (χ3v) is 4.78. The van der Waals surface area contributed by atoms with Gasteiger partial charge in [-0.25, -0.2) is 13.2 Å². The van der Waals surface area contributed by atoms with Crippen LogP contribution in [-0.4, -0.2) is 49.6 Å². The molecule has 0 aromatic rings. The molecule has 1 atom stereocenters. The highest BCUT2D eigenvalue weighted by atomic mass is 32.2. The van der Waals surface area contributed by atoms with Gasteiger partial charge < -0.3 is 4.74 Å². The fourth-order valence-corrected chi connectivity index (χ4v) is 4.23. The average Bonchev–Trinajstić information content (AvgIpc) is 2.57. The first-order chi connectivity index (χ1) is 6.43. The van der Waals surface area contributed by atoms with Gasteiger partial charge >= 0.3 is 6.09 Å². The SMILES string of the molecule is C[C@@]1(N2CCOC2=O)CCS(=O)(=O)C1. The van der Waals surface area contributed by atoms with Crippen molar-refractivity contribution in [2.45, 2.75) is 18.9 Å². The molecule has 0 bridgehead atoms. The van der Waals surface area contributed by atoms with Crippen molar-refractivity contribution in [1.82, 2.24) is 4.90 Å². The van der Waals surface area contributed by atoms with Crippen LogP contribution in [0.1, 0.15) is 13.3 Å². The second-order valence-corrected chi connectivity index (χ2v) is 6.29. The Balaban J connectivity index is 2.22. The van der Waals surface area contributed by atoms with Gasteiger partial charge in [-0.15, -0.1) is 0 Å². The molecule has 6 heteroatoms. The van der Waals surface area contributed by atoms with E-state index in [1.807, 2.05) is 6.92 Å². The Hall–Kier alpha value is -0.780. The Bertz CT molecular complexity index is 364. The van der Waals surface area contributed by atoms with Gasteiger partial charge in [-0.1, -0.05) is 0 Å². The zero-order chi connectivity index (χ0) is 10.4. The van der Waals surface area contributed by atoms with Crippen LogP contribution in [0.2, 0.25) is 0 Å². The number of sulfone groups is 1. The summed E-state index contributed by atoms with van der Waals surface area (Å²) >= 11 is 0. The maximum Gasteiger partial charge on any atom is 0.410 e. The van der Waals surface area contributed by atoms with E-state index >= 15 is 0 Å². The molecule has 14 heavy (non-hydrogen) atoms. The zero-order valence-corrected chi connectivity index (χ0v) is 8.84. The fraction of sp³-hybridized carbons (Fsp3) is 0.875. The number of hydrogen-bond donors (Lipinski definition) is 0. The largest absolute Gasteiger partial charge is 0.448 e. The molecule has 1 amide bonds. The van der Waals surface area contributed by atoms with Crippen LogP contribution in [0, 0.1) is 0 Å². The standard InChI is InChI=1S/C8H13NO4S/c1-8(2-5-14(11,12)6-8)9-3-4-13-7(9)10/h2-6H2,1H3/t8-/m1/s1. The Labute approximate surface area is 82.9 Å². The number of cyclic esters (lactones) is 1. The van der Waals surface area contributed by atoms with Gasteiger partial charge in [-0.3, -0.25) is 4.90 Å². The summed E-state index contributed by atoms with van der Waals surface area (Å²) in [5, 5.41) is 0. The van der Waals surface area contributed by atoms with E-state index in [4.69, 9.17) is 4.74 Å². The van der Waals surface area contributed by atoms with Gasteiger partial charge in [0.1, 0.15) is 6.61 Å². The summed E-state index contributed by atoms with van der Waals surface area (Å²) in [5.41, 5.74) is -0.549. The van der Waals surface area contributed by atoms with Crippen molar-refractivity contribution < 1.29 is 17.9 Å². The monoisotopic (exact) mass is 219 g/mol. The summed E-state index contributed by atoms with van der Waals surface area (Å²) < 4.78 is 27.5. The Morgan fingerprint density at radius 3 is 2.64 bits per heavy atom. The van der Waals surface area contributed by atoms with Crippen molar-refractivity contribution in [3.05, 3.63) is 0 Å². The molecule has 2 saturated heterocycles. The Morgan fingerprint density at radius 1 is 1.50 bits per heavy atom. The van der Waals surface area contributed by atoms with E-state index in [2.05, 4.69) is 0 Å². The van der Waals surface area contributed by atoms with Gasteiger partial charge in [0, 0.05) is 0 Å². The predicted molar refractivity (Wildman–Crippen MR) is 49.7 cm³/mol. The lowest BCUT2D eigenvalue weighted by molar-refractivity contribution is 0.128. The third kappa shape index (κ3) is 1.47. The second kappa shape index (κ2) is 2.85. The molecule has 0 saturated carbocycles. The number of nitrogens with zero attached hydrogens (tertiary/aromatic N) is 1. The lowest BCUT2D eigenvalue weighted by atomic mass is 10.0. The minimum Gasteiger partial charge on any atom is -0.448 e. The first-order valence-electron chi connectivity index (χ1n) is 4.58. The second-order valence-electron chi connectivity index (χ2n) is 4.10. The molecule has 0 aliphatic carbocycles. The quantitative estimate of drug-likeness (QED) is 0.623. The van der Waals surface area contributed by atoms with E-state index in [9.17, 15) is 13.2 Å². The van der Waals surface area contributed by atoms with Gasteiger partial charge in [0.15, 0.2) is 9.84 Å². The maximum atomic E-state index is 11.3. The highest BCUT2D eigenvalue weighted by Gasteiger charge is 2.47. The molecule has 2 aliphatic rings. The average molecular weight is 219 g/mol. The van der Waals surface area contributed by atoms with E-state index in [-0.39, 0.29) is 17.6 Å². The predicted octanol–water partition coefficient (Wildman–Crippen LogP) is 0.0158. The van der Waals surface area contributed by atoms with Crippen molar-refractivity contribution in [3.63, 3.8) is 0 Å². The zero-order valence-electron chi connectivity index (χ0n) is 8.02. The molecule has 0 unspecified atom stereocenters. The van der Waals surface area contributed by atoms with Crippen LogP contribution in [0.15, 0.2) is 0 Å². The minimum absolute atomic E-state index is 0.0646. The molecular formula is C8H13NO4S. The van der Waals surface area contributed by atoms with Crippen molar-refractivity contribution in [2.75, 3.05) is 24.7 Å². The first-order valence-corrected chi connectivity index (χ1v) is 6.40. The number of amides is 1. The lowest BCUT2D eigenvalue weighted by Crippen LogP contribution is -2.47. The molecule has 2 heterocycles. The molecule has 2 fully saturated rings. The van der Waals surface area contributed by atoms with Crippen LogP contribution in [-0.2, 0) is 14.6 Å². The number of carbonyl (C=O) groups excluding carboxylic acids is 1. The summed E-state index contributed by atoms with van der Waals surface area (Å²) in [4.78, 5) is 12.8.